The summed E-state index contributed by atoms with van der Waals surface area (Å²) in [4.78, 5) is 23.4. The highest BCUT2D eigenvalue weighted by atomic mass is 16.2. The third-order valence-electron chi connectivity index (χ3n) is 3.89. The van der Waals surface area contributed by atoms with Gasteiger partial charge in [-0.3, -0.25) is 9.48 Å². The van der Waals surface area contributed by atoms with E-state index in [0.717, 1.165) is 11.1 Å². The Morgan fingerprint density at radius 2 is 1.70 bits per heavy atom. The minimum atomic E-state index is -0.316. The quantitative estimate of drug-likeness (QED) is 0.628. The smallest absolute Gasteiger partial charge is 0.319 e. The van der Waals surface area contributed by atoms with E-state index in [2.05, 4.69) is 21.0 Å². The van der Waals surface area contributed by atoms with E-state index in [4.69, 9.17) is 0 Å². The molecule has 0 radical (unpaired) electrons. The van der Waals surface area contributed by atoms with Crippen LogP contribution in [0.1, 0.15) is 18.1 Å². The number of carbonyl (C=O) groups is 2. The number of hydrogen-bond acceptors (Lipinski definition) is 3. The van der Waals surface area contributed by atoms with Crippen molar-refractivity contribution < 1.29 is 9.59 Å². The van der Waals surface area contributed by atoms with Gasteiger partial charge in [0, 0.05) is 37.2 Å². The van der Waals surface area contributed by atoms with Crippen molar-refractivity contribution in [1.29, 1.82) is 0 Å². The van der Waals surface area contributed by atoms with Crippen molar-refractivity contribution >= 4 is 23.3 Å². The van der Waals surface area contributed by atoms with Gasteiger partial charge < -0.3 is 16.0 Å². The van der Waals surface area contributed by atoms with E-state index in [1.54, 1.807) is 30.5 Å². The number of amides is 3. The third-order valence-corrected chi connectivity index (χ3v) is 3.89. The number of hydrogen-bond donors (Lipinski definition) is 3. The Morgan fingerprint density at radius 1 is 0.963 bits per heavy atom. The van der Waals surface area contributed by atoms with Crippen LogP contribution in [0.2, 0.25) is 0 Å². The average molecular weight is 363 g/mol. The molecule has 7 heteroatoms. The Labute approximate surface area is 157 Å². The molecular formula is C20H21N5O2. The van der Waals surface area contributed by atoms with Crippen LogP contribution in [0.25, 0.3) is 0 Å². The van der Waals surface area contributed by atoms with Gasteiger partial charge in [-0.05, 0) is 35.4 Å². The Kier molecular flexibility index (Phi) is 5.84. The largest absolute Gasteiger partial charge is 0.334 e. The van der Waals surface area contributed by atoms with Crippen LogP contribution in [0.15, 0.2) is 67.0 Å². The first kappa shape index (κ1) is 18.2. The zero-order chi connectivity index (χ0) is 19.1. The Hall–Kier alpha value is -3.61. The van der Waals surface area contributed by atoms with Crippen LogP contribution in [0, 0.1) is 0 Å². The van der Waals surface area contributed by atoms with E-state index in [1.165, 1.54) is 6.92 Å². The first-order valence-corrected chi connectivity index (χ1v) is 8.57. The molecule has 0 aliphatic carbocycles. The molecule has 27 heavy (non-hydrogen) atoms. The van der Waals surface area contributed by atoms with Gasteiger partial charge in [0.05, 0.1) is 6.54 Å². The van der Waals surface area contributed by atoms with Crippen LogP contribution >= 0.6 is 0 Å². The van der Waals surface area contributed by atoms with E-state index in [0.29, 0.717) is 24.5 Å². The number of anilines is 2. The topological polar surface area (TPSA) is 88.0 Å². The molecule has 3 amide bonds. The van der Waals surface area contributed by atoms with Crippen LogP contribution in [0.5, 0.6) is 0 Å². The first-order chi connectivity index (χ1) is 13.1. The third kappa shape index (κ3) is 5.43. The maximum Gasteiger partial charge on any atom is 0.319 e. The predicted molar refractivity (Wildman–Crippen MR) is 104 cm³/mol. The molecular weight excluding hydrogens is 342 g/mol. The molecule has 0 atom stereocenters. The number of rotatable bonds is 6. The second-order valence-corrected chi connectivity index (χ2v) is 6.04. The summed E-state index contributed by atoms with van der Waals surface area (Å²) in [6.07, 6.45) is 3.64. The van der Waals surface area contributed by atoms with Crippen LogP contribution in [-0.2, 0) is 17.9 Å². The van der Waals surface area contributed by atoms with Crippen molar-refractivity contribution in [3.63, 3.8) is 0 Å². The van der Waals surface area contributed by atoms with Gasteiger partial charge in [0.15, 0.2) is 0 Å². The van der Waals surface area contributed by atoms with Crippen LogP contribution in [-0.4, -0.2) is 21.7 Å². The molecule has 0 unspecified atom stereocenters. The first-order valence-electron chi connectivity index (χ1n) is 8.57. The zero-order valence-electron chi connectivity index (χ0n) is 15.0. The molecule has 3 N–H and O–H groups in total. The average Bonchev–Trinajstić information content (AvgIpc) is 3.14. The lowest BCUT2D eigenvalue weighted by Gasteiger charge is -2.12. The molecule has 0 aliphatic rings. The van der Waals surface area contributed by atoms with Crippen molar-refractivity contribution in [2.45, 2.75) is 20.0 Å². The lowest BCUT2D eigenvalue weighted by Crippen LogP contribution is -2.28. The molecule has 138 valence electrons. The second-order valence-electron chi connectivity index (χ2n) is 6.04. The van der Waals surface area contributed by atoms with Crippen molar-refractivity contribution in [3.8, 4) is 0 Å². The van der Waals surface area contributed by atoms with Gasteiger partial charge in [-0.2, -0.15) is 5.10 Å². The second kappa shape index (κ2) is 8.66. The van der Waals surface area contributed by atoms with Crippen molar-refractivity contribution in [2.24, 2.45) is 0 Å². The normalized spacial score (nSPS) is 10.3. The Bertz CT molecular complexity index is 922. The number of carbonyl (C=O) groups excluding carboxylic acids is 2. The summed E-state index contributed by atoms with van der Waals surface area (Å²) in [5.41, 5.74) is 3.35. The molecule has 7 nitrogen and oxygen atoms in total. The van der Waals surface area contributed by atoms with Gasteiger partial charge in [0.2, 0.25) is 5.91 Å². The lowest BCUT2D eigenvalue weighted by atomic mass is 10.1. The van der Waals surface area contributed by atoms with Crippen molar-refractivity contribution in [2.75, 3.05) is 10.6 Å². The van der Waals surface area contributed by atoms with Gasteiger partial charge in [0.1, 0.15) is 0 Å². The highest BCUT2D eigenvalue weighted by Crippen LogP contribution is 2.15. The number of nitrogens with zero attached hydrogens (tertiary/aromatic N) is 2. The molecule has 0 saturated carbocycles. The minimum absolute atomic E-state index is 0.162. The molecule has 0 saturated heterocycles. The summed E-state index contributed by atoms with van der Waals surface area (Å²) >= 11 is 0. The van der Waals surface area contributed by atoms with Crippen LogP contribution in [0.4, 0.5) is 16.2 Å². The van der Waals surface area contributed by atoms with Crippen LogP contribution in [0.3, 0.4) is 0 Å². The van der Waals surface area contributed by atoms with E-state index < -0.39 is 0 Å². The Morgan fingerprint density at radius 3 is 2.41 bits per heavy atom. The zero-order valence-corrected chi connectivity index (χ0v) is 15.0. The highest BCUT2D eigenvalue weighted by Gasteiger charge is 2.07. The van der Waals surface area contributed by atoms with E-state index in [1.807, 2.05) is 41.2 Å². The Balaban J connectivity index is 1.59. The summed E-state index contributed by atoms with van der Waals surface area (Å²) < 4.78 is 1.84. The predicted octanol–water partition coefficient (Wildman–Crippen LogP) is 3.21. The summed E-state index contributed by atoms with van der Waals surface area (Å²) in [7, 11) is 0. The number of nitrogens with one attached hydrogen (secondary N) is 3. The van der Waals surface area contributed by atoms with Gasteiger partial charge in [-0.1, -0.05) is 30.3 Å². The van der Waals surface area contributed by atoms with Crippen molar-refractivity contribution in [1.82, 2.24) is 15.1 Å². The summed E-state index contributed by atoms with van der Waals surface area (Å²) in [5, 5.41) is 12.5. The molecule has 1 heterocycles. The maximum absolute atomic E-state index is 12.2. The SMILES string of the molecule is CC(=O)Nc1cccc(NC(=O)NCc2ccccc2Cn2cccn2)c1. The highest BCUT2D eigenvalue weighted by molar-refractivity contribution is 5.92. The number of benzene rings is 2. The molecule has 0 spiro atoms. The molecule has 0 fully saturated rings. The summed E-state index contributed by atoms with van der Waals surface area (Å²) in [6, 6.07) is 16.5. The molecule has 2 aromatic carbocycles. The van der Waals surface area contributed by atoms with Crippen LogP contribution < -0.4 is 16.0 Å². The van der Waals surface area contributed by atoms with Gasteiger partial charge in [0.25, 0.3) is 0 Å². The molecule has 1 aromatic heterocycles. The fourth-order valence-corrected chi connectivity index (χ4v) is 2.68. The van der Waals surface area contributed by atoms with Gasteiger partial charge in [-0.25, -0.2) is 4.79 Å². The van der Waals surface area contributed by atoms with Gasteiger partial charge in [-0.15, -0.1) is 0 Å². The standard InChI is InChI=1S/C20H21N5O2/c1-15(26)23-18-8-4-9-19(12-18)24-20(27)21-13-16-6-2-3-7-17(16)14-25-11-5-10-22-25/h2-12H,13-14H2,1H3,(H,23,26)(H2,21,24,27). The van der Waals surface area contributed by atoms with Gasteiger partial charge >= 0.3 is 6.03 Å². The fourth-order valence-electron chi connectivity index (χ4n) is 2.68. The lowest BCUT2D eigenvalue weighted by molar-refractivity contribution is -0.114. The van der Waals surface area contributed by atoms with E-state index >= 15 is 0 Å². The van der Waals surface area contributed by atoms with E-state index in [-0.39, 0.29) is 11.9 Å². The molecule has 3 aromatic rings. The molecule has 3 rings (SSSR count). The van der Waals surface area contributed by atoms with E-state index in [9.17, 15) is 9.59 Å². The number of aromatic nitrogens is 2. The molecule has 0 aliphatic heterocycles. The fraction of sp³-hybridized carbons (Fsp3) is 0.150. The summed E-state index contributed by atoms with van der Waals surface area (Å²) in [6.45, 7) is 2.48. The maximum atomic E-state index is 12.2. The monoisotopic (exact) mass is 363 g/mol. The minimum Gasteiger partial charge on any atom is -0.334 e. The summed E-state index contributed by atoms with van der Waals surface area (Å²) in [5.74, 6) is -0.162. The molecule has 0 bridgehead atoms. The van der Waals surface area contributed by atoms with Crippen molar-refractivity contribution in [3.05, 3.63) is 78.1 Å². The number of urea groups is 1.